The molecule has 0 amide bonds. The molecule has 0 aliphatic carbocycles. The number of rotatable bonds is 14. The summed E-state index contributed by atoms with van der Waals surface area (Å²) in [5.74, 6) is 3.41. The quantitative estimate of drug-likeness (QED) is 0.0209. The average Bonchev–Trinajstić information content (AvgIpc) is 4.15. The summed E-state index contributed by atoms with van der Waals surface area (Å²) >= 11 is 14.8. The summed E-state index contributed by atoms with van der Waals surface area (Å²) in [6.07, 6.45) is 4.23. The van der Waals surface area contributed by atoms with E-state index in [0.29, 0.717) is 42.9 Å². The molecule has 18 nitrogen and oxygen atoms in total. The number of nitriles is 1. The van der Waals surface area contributed by atoms with Gasteiger partial charge in [-0.3, -0.25) is 14.4 Å². The number of aryl methyl sites for hydroxylation is 8. The van der Waals surface area contributed by atoms with Crippen molar-refractivity contribution >= 4 is 60.1 Å². The number of hydrogen-bond donors (Lipinski definition) is 3. The van der Waals surface area contributed by atoms with Gasteiger partial charge in [-0.05, 0) is 128 Å². The molecular weight excluding hydrogens is 1160 g/mol. The van der Waals surface area contributed by atoms with Gasteiger partial charge in [-0.15, -0.1) is 34.8 Å². The van der Waals surface area contributed by atoms with E-state index in [0.717, 1.165) is 134 Å². The Bertz CT molecular complexity index is 2690. The smallest absolute Gasteiger partial charge is 1.00 e. The number of epoxide rings is 4. The molecule has 0 aromatic heterocycles. The Hall–Kier alpha value is -2.92. The van der Waals surface area contributed by atoms with Crippen molar-refractivity contribution in [3.63, 3.8) is 0 Å². The van der Waals surface area contributed by atoms with Crippen LogP contribution in [0.15, 0.2) is 29.4 Å². The third-order valence-corrected chi connectivity index (χ3v) is 11.8. The summed E-state index contributed by atoms with van der Waals surface area (Å²) in [6.45, 7) is 29.4. The van der Waals surface area contributed by atoms with Crippen LogP contribution in [0.25, 0.3) is 5.01 Å². The fourth-order valence-corrected chi connectivity index (χ4v) is 7.59. The Morgan fingerprint density at radius 2 is 0.938 bits per heavy atom. The molecule has 440 valence electrons. The summed E-state index contributed by atoms with van der Waals surface area (Å²) in [6, 6.07) is 12.2. The number of nitrogens with zero attached hydrogens (tertiary/aromatic N) is 3. The largest absolute Gasteiger partial charge is 1.00 e. The van der Waals surface area contributed by atoms with Crippen molar-refractivity contribution in [1.82, 2.24) is 0 Å². The molecule has 4 aromatic rings. The van der Waals surface area contributed by atoms with Crippen molar-refractivity contribution in [3.05, 3.63) is 118 Å². The number of aldehydes is 2. The molecule has 4 unspecified atom stereocenters. The second kappa shape index (κ2) is 46.4. The normalized spacial score (nSPS) is 15.3. The molecule has 81 heavy (non-hydrogen) atoms. The van der Waals surface area contributed by atoms with Crippen LogP contribution in [0.2, 0.25) is 0 Å². The maximum absolute atomic E-state index is 11.0. The number of phenols is 1. The minimum atomic E-state index is -0.181. The third kappa shape index (κ3) is 31.7. The van der Waals surface area contributed by atoms with Crippen molar-refractivity contribution in [2.45, 2.75) is 129 Å². The van der Waals surface area contributed by atoms with Gasteiger partial charge in [0.1, 0.15) is 66.7 Å². The number of phenolic OH excluding ortho intramolecular Hbond substituents is 1. The van der Waals surface area contributed by atoms with Gasteiger partial charge in [0.15, 0.2) is 12.6 Å². The molecule has 4 aromatic carbocycles. The van der Waals surface area contributed by atoms with E-state index in [1.165, 1.54) is 13.1 Å². The van der Waals surface area contributed by atoms with Crippen LogP contribution in [0.4, 0.5) is 0 Å². The van der Waals surface area contributed by atoms with Crippen LogP contribution < -0.4 is 122 Å². The minimum absolute atomic E-state index is 0. The molecule has 4 saturated heterocycles. The van der Waals surface area contributed by atoms with Crippen LogP contribution in [0.1, 0.15) is 122 Å². The maximum Gasteiger partial charge on any atom is 1.00 e. The standard InChI is InChI=1S/C13H17NO3.C13H15NO3.C13H16O3.C10H12O2.C3H5ClO.C2H3N.CH2Cl2.CH2O3.2CH4.2K.H/c2*1-8-4-9(2)13(17-7-11-6-16-11)10(3)12(8)5-14-15;1-8-4-9(2)13(10(3)12(8)5-14)16-7-11-6-15-11;1-6-4-7(2)10(12)8(3)9(6)5-11;4-1-3-2-5-3;1-2-3;2-1-3;2-1-4-3;;;;;/h4-5,11,15H,6-7H2,1-3H3;4,11H,6-7H2,1-3H3;4-5,11H,6-7H2,1-3H3;4-5,12H,1-3H3;3H,1-2H2;1H3;1H2;1,3H;2*1H4;;;/q;;;;;;;;;;2*+1;-1/b14-5+;;;;;;;;;;;;. The number of benzene rings is 4. The Labute approximate surface area is 581 Å². The average molecular weight is 1240 g/mol. The van der Waals surface area contributed by atoms with E-state index in [1.54, 1.807) is 13.0 Å². The number of halogens is 3. The Balaban J connectivity index is -0.000000292. The Morgan fingerprint density at radius 1 is 0.630 bits per heavy atom. The predicted octanol–water partition coefficient (Wildman–Crippen LogP) is 5.39. The van der Waals surface area contributed by atoms with Crippen molar-refractivity contribution in [3.8, 4) is 35.1 Å². The molecule has 4 aliphatic rings. The van der Waals surface area contributed by atoms with Crippen LogP contribution in [0.3, 0.4) is 0 Å². The van der Waals surface area contributed by atoms with E-state index >= 15 is 0 Å². The van der Waals surface area contributed by atoms with Gasteiger partial charge in [-0.1, -0.05) is 44.3 Å². The summed E-state index contributed by atoms with van der Waals surface area (Å²) in [5, 5.41) is 48.8. The monoisotopic (exact) mass is 1240 g/mol. The molecule has 0 bridgehead atoms. The Morgan fingerprint density at radius 3 is 1.23 bits per heavy atom. The topological polar surface area (TPSA) is 263 Å². The van der Waals surface area contributed by atoms with Crippen molar-refractivity contribution in [1.29, 1.82) is 5.26 Å². The number of carbonyl (C=O) groups is 3. The number of alkyl halides is 3. The van der Waals surface area contributed by atoms with Gasteiger partial charge in [-0.25, -0.2) is 0 Å². The number of aromatic hydroxyl groups is 1. The zero-order chi connectivity index (χ0) is 58.4. The second-order valence-corrected chi connectivity index (χ2v) is 18.7. The van der Waals surface area contributed by atoms with Crippen LogP contribution >= 0.6 is 34.8 Å². The molecule has 0 radical (unpaired) electrons. The van der Waals surface area contributed by atoms with Crippen LogP contribution in [0, 0.1) is 100 Å². The fourth-order valence-electron chi connectivity index (χ4n) is 7.41. The SMILES string of the molecule is C.C.CC#N.Cc1cc(C)c(C=O)c(C)c1O.Cc1cc(C)c(OCC2CO2)c(C)c1/C=N/O.Cc1cc(C)c(OCC2CO2)c(C)c1C#[N+]O.Cc1cc(C)c(OCC2CO2)c(C)c1C=O.ClCC1CO1.ClCCl.O=CO[O-].[H-].[K+].[K+]. The number of ether oxygens (including phenoxy) is 7. The summed E-state index contributed by atoms with van der Waals surface area (Å²) < 4.78 is 37.3. The van der Waals surface area contributed by atoms with E-state index in [1.807, 2.05) is 100 Å². The summed E-state index contributed by atoms with van der Waals surface area (Å²) in [4.78, 5) is 32.8. The molecule has 8 rings (SSSR count). The number of oxime groups is 1. The first-order valence-corrected chi connectivity index (χ1v) is 25.6. The van der Waals surface area contributed by atoms with Crippen molar-refractivity contribution in [2.24, 2.45) is 5.16 Å². The van der Waals surface area contributed by atoms with Gasteiger partial charge < -0.3 is 55.0 Å². The van der Waals surface area contributed by atoms with E-state index in [9.17, 15) is 14.7 Å². The summed E-state index contributed by atoms with van der Waals surface area (Å²) in [7, 11) is 0. The van der Waals surface area contributed by atoms with Crippen LogP contribution in [0.5, 0.6) is 23.0 Å². The summed E-state index contributed by atoms with van der Waals surface area (Å²) in [5.41, 5.74) is 14.6. The van der Waals surface area contributed by atoms with Crippen molar-refractivity contribution in [2.75, 3.05) is 57.5 Å². The van der Waals surface area contributed by atoms with Gasteiger partial charge in [0.25, 0.3) is 6.47 Å². The Kier molecular flexibility index (Phi) is 48.4. The molecule has 4 aliphatic heterocycles. The molecule has 0 saturated carbocycles. The van der Waals surface area contributed by atoms with E-state index in [-0.39, 0.29) is 155 Å². The second-order valence-electron chi connectivity index (χ2n) is 17.6. The molecule has 4 heterocycles. The van der Waals surface area contributed by atoms with E-state index < -0.39 is 0 Å². The zero-order valence-electron chi connectivity index (χ0n) is 49.0. The minimum Gasteiger partial charge on any atom is -1.00 e. The van der Waals surface area contributed by atoms with E-state index in [2.05, 4.69) is 21.1 Å². The number of hydrogen-bond acceptors (Lipinski definition) is 17. The molecular formula is C58H81Cl3K2N3O15+. The molecule has 0 spiro atoms. The van der Waals surface area contributed by atoms with E-state index in [4.69, 9.17) is 93.7 Å². The molecule has 3 N–H and O–H groups in total. The van der Waals surface area contributed by atoms with Gasteiger partial charge >= 0.3 is 109 Å². The first-order chi connectivity index (χ1) is 36.6. The van der Waals surface area contributed by atoms with Gasteiger partial charge in [0.05, 0.1) is 56.0 Å². The molecule has 4 atom stereocenters. The first kappa shape index (κ1) is 84.5. The van der Waals surface area contributed by atoms with Gasteiger partial charge in [-0.2, -0.15) is 10.5 Å². The van der Waals surface area contributed by atoms with Gasteiger partial charge in [0.2, 0.25) is 5.01 Å². The molecule has 4 fully saturated rings. The van der Waals surface area contributed by atoms with Crippen LogP contribution in [-0.2, 0) is 28.6 Å². The van der Waals surface area contributed by atoms with Crippen molar-refractivity contribution < 1.29 is 177 Å². The first-order valence-electron chi connectivity index (χ1n) is 24.0. The molecule has 23 heteroatoms. The predicted molar refractivity (Wildman–Crippen MR) is 308 cm³/mol. The van der Waals surface area contributed by atoms with Crippen LogP contribution in [-0.4, -0.2) is 123 Å². The van der Waals surface area contributed by atoms with Gasteiger partial charge in [0, 0.05) is 45.9 Å². The zero-order valence-corrected chi connectivity index (χ0v) is 56.5. The maximum atomic E-state index is 11.0. The number of carbonyl (C=O) groups excluding carboxylic acids is 3. The third-order valence-electron chi connectivity index (χ3n) is 11.5. The fraction of sp³-hybridized carbons (Fsp3) is 0.483.